The zero-order valence-electron chi connectivity index (χ0n) is 14.5. The van der Waals surface area contributed by atoms with E-state index < -0.39 is 16.0 Å². The summed E-state index contributed by atoms with van der Waals surface area (Å²) in [6, 6.07) is 14.2. The van der Waals surface area contributed by atoms with E-state index in [1.54, 1.807) is 19.1 Å². The summed E-state index contributed by atoms with van der Waals surface area (Å²) in [6.07, 6.45) is 5.32. The number of hydrogen-bond acceptors (Lipinski definition) is 4. The van der Waals surface area contributed by atoms with Crippen molar-refractivity contribution in [1.29, 1.82) is 0 Å². The fourth-order valence-electron chi connectivity index (χ4n) is 2.43. The number of nitrogens with one attached hydrogen (secondary N) is 1. The first-order valence-corrected chi connectivity index (χ1v) is 9.96. The number of esters is 1. The molecule has 6 heteroatoms. The van der Waals surface area contributed by atoms with Crippen molar-refractivity contribution >= 4 is 22.1 Å². The Balaban J connectivity index is 1.66. The van der Waals surface area contributed by atoms with Crippen molar-refractivity contribution in [2.75, 3.05) is 6.61 Å². The molecule has 1 fully saturated rings. The summed E-state index contributed by atoms with van der Waals surface area (Å²) >= 11 is 0. The van der Waals surface area contributed by atoms with E-state index in [-0.39, 0.29) is 23.1 Å². The van der Waals surface area contributed by atoms with Gasteiger partial charge >= 0.3 is 5.97 Å². The van der Waals surface area contributed by atoms with Crippen LogP contribution in [0.4, 0.5) is 0 Å². The molecule has 0 radical (unpaired) electrons. The number of aryl methyl sites for hydroxylation is 1. The molecule has 136 valence electrons. The molecule has 0 amide bonds. The molecule has 2 aromatic rings. The van der Waals surface area contributed by atoms with Crippen molar-refractivity contribution < 1.29 is 17.9 Å². The fraction of sp³-hybridized carbons (Fsp3) is 0.250. The first-order chi connectivity index (χ1) is 12.5. The molecule has 0 unspecified atom stereocenters. The minimum Gasteiger partial charge on any atom is -0.458 e. The van der Waals surface area contributed by atoms with Crippen LogP contribution in [0.3, 0.4) is 0 Å². The highest BCUT2D eigenvalue weighted by Crippen LogP contribution is 2.23. The van der Waals surface area contributed by atoms with Gasteiger partial charge in [0.05, 0.1) is 10.5 Å². The van der Waals surface area contributed by atoms with Gasteiger partial charge in [-0.15, -0.1) is 0 Å². The number of sulfonamides is 1. The third kappa shape index (κ3) is 4.80. The van der Waals surface area contributed by atoms with Crippen LogP contribution in [0, 0.1) is 6.92 Å². The molecule has 0 heterocycles. The molecule has 3 rings (SSSR count). The molecule has 0 spiro atoms. The SMILES string of the molecule is Cc1ccc(S(=O)(=O)NC2CC2)cc1C(=O)OC/C=C/c1ccccc1. The van der Waals surface area contributed by atoms with Gasteiger partial charge in [0.25, 0.3) is 0 Å². The molecule has 1 aliphatic carbocycles. The van der Waals surface area contributed by atoms with E-state index >= 15 is 0 Å². The van der Waals surface area contributed by atoms with Crippen LogP contribution in [0.5, 0.6) is 0 Å². The zero-order valence-corrected chi connectivity index (χ0v) is 15.3. The van der Waals surface area contributed by atoms with Crippen molar-refractivity contribution in [1.82, 2.24) is 4.72 Å². The second-order valence-corrected chi connectivity index (χ2v) is 8.00. The number of hydrogen-bond donors (Lipinski definition) is 1. The molecular formula is C20H21NO4S. The molecule has 26 heavy (non-hydrogen) atoms. The Morgan fingerprint density at radius 2 is 1.92 bits per heavy atom. The van der Waals surface area contributed by atoms with E-state index in [9.17, 15) is 13.2 Å². The van der Waals surface area contributed by atoms with Gasteiger partial charge in [0.1, 0.15) is 6.61 Å². The molecule has 2 aromatic carbocycles. The first-order valence-electron chi connectivity index (χ1n) is 8.47. The largest absolute Gasteiger partial charge is 0.458 e. The number of ether oxygens (including phenoxy) is 1. The summed E-state index contributed by atoms with van der Waals surface area (Å²) in [5, 5.41) is 0. The van der Waals surface area contributed by atoms with Crippen LogP contribution >= 0.6 is 0 Å². The second kappa shape index (κ2) is 7.85. The summed E-state index contributed by atoms with van der Waals surface area (Å²) < 4.78 is 32.5. The van der Waals surface area contributed by atoms with Gasteiger partial charge in [0.2, 0.25) is 10.0 Å². The monoisotopic (exact) mass is 371 g/mol. The van der Waals surface area contributed by atoms with Crippen molar-refractivity contribution in [2.24, 2.45) is 0 Å². The van der Waals surface area contributed by atoms with Gasteiger partial charge in [-0.05, 0) is 49.1 Å². The van der Waals surface area contributed by atoms with E-state index in [2.05, 4.69) is 4.72 Å². The van der Waals surface area contributed by atoms with Gasteiger partial charge in [-0.25, -0.2) is 17.9 Å². The maximum atomic E-state index is 12.3. The van der Waals surface area contributed by atoms with Crippen LogP contribution in [-0.4, -0.2) is 27.0 Å². The Hall–Kier alpha value is -2.44. The topological polar surface area (TPSA) is 72.5 Å². The van der Waals surface area contributed by atoms with Crippen LogP contribution in [0.2, 0.25) is 0 Å². The summed E-state index contributed by atoms with van der Waals surface area (Å²) in [7, 11) is -3.60. The lowest BCUT2D eigenvalue weighted by atomic mass is 10.1. The predicted molar refractivity (Wildman–Crippen MR) is 100 cm³/mol. The predicted octanol–water partition coefficient (Wildman–Crippen LogP) is 3.31. The van der Waals surface area contributed by atoms with Crippen LogP contribution in [-0.2, 0) is 14.8 Å². The highest BCUT2D eigenvalue weighted by atomic mass is 32.2. The standard InChI is InChI=1S/C20H21NO4S/c1-15-9-12-18(26(23,24)21-17-10-11-17)14-19(15)20(22)25-13-5-8-16-6-3-2-4-7-16/h2-9,12,14,17,21H,10-11,13H2,1H3/b8-5+. The van der Waals surface area contributed by atoms with Crippen molar-refractivity contribution in [3.05, 3.63) is 71.3 Å². The Morgan fingerprint density at radius 3 is 2.62 bits per heavy atom. The van der Waals surface area contributed by atoms with Gasteiger partial charge in [0, 0.05) is 6.04 Å². The molecule has 1 N–H and O–H groups in total. The van der Waals surface area contributed by atoms with Crippen molar-refractivity contribution in [3.63, 3.8) is 0 Å². The summed E-state index contributed by atoms with van der Waals surface area (Å²) in [6.45, 7) is 1.87. The minimum atomic E-state index is -3.60. The summed E-state index contributed by atoms with van der Waals surface area (Å²) in [5.41, 5.74) is 1.95. The van der Waals surface area contributed by atoms with E-state index in [4.69, 9.17) is 4.74 Å². The highest BCUT2D eigenvalue weighted by molar-refractivity contribution is 7.89. The maximum Gasteiger partial charge on any atom is 0.338 e. The Kier molecular flexibility index (Phi) is 5.54. The molecule has 1 aliphatic rings. The van der Waals surface area contributed by atoms with Crippen LogP contribution < -0.4 is 4.72 Å². The Bertz CT molecular complexity index is 916. The van der Waals surface area contributed by atoms with Gasteiger partial charge in [-0.3, -0.25) is 0 Å². The van der Waals surface area contributed by atoms with E-state index in [1.165, 1.54) is 12.1 Å². The smallest absolute Gasteiger partial charge is 0.338 e. The van der Waals surface area contributed by atoms with Crippen LogP contribution in [0.25, 0.3) is 6.08 Å². The molecule has 0 aliphatic heterocycles. The van der Waals surface area contributed by atoms with Gasteiger partial charge in [-0.1, -0.05) is 42.5 Å². The summed E-state index contributed by atoms with van der Waals surface area (Å²) in [5.74, 6) is -0.538. The number of carbonyl (C=O) groups is 1. The third-order valence-electron chi connectivity index (χ3n) is 4.06. The molecule has 0 bridgehead atoms. The molecule has 1 saturated carbocycles. The quantitative estimate of drug-likeness (QED) is 0.758. The highest BCUT2D eigenvalue weighted by Gasteiger charge is 2.28. The molecule has 5 nitrogen and oxygen atoms in total. The van der Waals surface area contributed by atoms with Crippen molar-refractivity contribution in [3.8, 4) is 0 Å². The van der Waals surface area contributed by atoms with Gasteiger partial charge in [0.15, 0.2) is 0 Å². The molecule has 0 saturated heterocycles. The van der Waals surface area contributed by atoms with E-state index in [0.29, 0.717) is 5.56 Å². The molecular weight excluding hydrogens is 350 g/mol. The Labute approximate surface area is 153 Å². The van der Waals surface area contributed by atoms with Crippen molar-refractivity contribution in [2.45, 2.75) is 30.7 Å². The fourth-order valence-corrected chi connectivity index (χ4v) is 3.76. The zero-order chi connectivity index (χ0) is 18.6. The summed E-state index contributed by atoms with van der Waals surface area (Å²) in [4.78, 5) is 12.4. The van der Waals surface area contributed by atoms with Gasteiger partial charge in [-0.2, -0.15) is 0 Å². The molecule has 0 aromatic heterocycles. The van der Waals surface area contributed by atoms with Crippen LogP contribution in [0.15, 0.2) is 59.5 Å². The van der Waals surface area contributed by atoms with E-state index in [0.717, 1.165) is 18.4 Å². The average molecular weight is 371 g/mol. The second-order valence-electron chi connectivity index (χ2n) is 6.28. The van der Waals surface area contributed by atoms with Gasteiger partial charge < -0.3 is 4.74 Å². The lowest BCUT2D eigenvalue weighted by Gasteiger charge is -2.10. The number of carbonyl (C=O) groups excluding carboxylic acids is 1. The third-order valence-corrected chi connectivity index (χ3v) is 5.58. The maximum absolute atomic E-state index is 12.3. The Morgan fingerprint density at radius 1 is 1.19 bits per heavy atom. The lowest BCUT2D eigenvalue weighted by Crippen LogP contribution is -2.26. The molecule has 0 atom stereocenters. The van der Waals surface area contributed by atoms with E-state index in [1.807, 2.05) is 36.4 Å². The average Bonchev–Trinajstić information content (AvgIpc) is 3.43. The lowest BCUT2D eigenvalue weighted by molar-refractivity contribution is 0.0549. The minimum absolute atomic E-state index is 0.0137. The van der Waals surface area contributed by atoms with Crippen LogP contribution in [0.1, 0.15) is 34.3 Å². The first kappa shape index (κ1) is 18.4. The number of rotatable bonds is 7. The number of benzene rings is 2. The normalized spacial score (nSPS) is 14.5.